The van der Waals surface area contributed by atoms with Gasteiger partial charge in [-0.25, -0.2) is 19.8 Å². The normalized spacial score (nSPS) is 15.5. The molecule has 3 aromatic rings. The number of hydrogen-bond acceptors (Lipinski definition) is 8. The van der Waals surface area contributed by atoms with Gasteiger partial charge in [0.15, 0.2) is 0 Å². The largest absolute Gasteiger partial charge is 0.360 e. The number of alkyl halides is 2. The van der Waals surface area contributed by atoms with Crippen molar-refractivity contribution < 1.29 is 13.6 Å². The molecule has 30 heavy (non-hydrogen) atoms. The molecule has 4 heterocycles. The maximum atomic E-state index is 12.3. The Labute approximate surface area is 172 Å². The third kappa shape index (κ3) is 4.31. The maximum Gasteiger partial charge on any atom is 0.360 e. The van der Waals surface area contributed by atoms with Crippen LogP contribution in [0.5, 0.6) is 0 Å². The van der Waals surface area contributed by atoms with E-state index in [9.17, 15) is 8.78 Å². The quantitative estimate of drug-likeness (QED) is 0.654. The third-order valence-corrected chi connectivity index (χ3v) is 4.92. The number of rotatable bonds is 6. The Morgan fingerprint density at radius 2 is 1.83 bits per heavy atom. The molecule has 0 bridgehead atoms. The molecule has 4 rings (SSSR count). The van der Waals surface area contributed by atoms with Crippen molar-refractivity contribution in [2.75, 3.05) is 36.4 Å². The number of fused-ring (bicyclic) bond motifs is 1. The molecule has 0 saturated carbocycles. The molecule has 9 nitrogen and oxygen atoms in total. The van der Waals surface area contributed by atoms with E-state index in [-0.39, 0.29) is 6.04 Å². The van der Waals surface area contributed by atoms with Crippen LogP contribution in [0.4, 0.5) is 26.4 Å². The van der Waals surface area contributed by atoms with E-state index in [4.69, 9.17) is 0 Å². The van der Waals surface area contributed by atoms with Crippen LogP contribution in [0.3, 0.4) is 0 Å². The minimum Gasteiger partial charge on any atom is -0.338 e. The van der Waals surface area contributed by atoms with Gasteiger partial charge in [0.05, 0.1) is 11.7 Å². The summed E-state index contributed by atoms with van der Waals surface area (Å²) in [6.45, 7) is 5.09. The van der Waals surface area contributed by atoms with Crippen LogP contribution in [0, 0.1) is 6.92 Å². The number of halogens is 2. The van der Waals surface area contributed by atoms with Crippen LogP contribution in [0.1, 0.15) is 25.7 Å². The Balaban J connectivity index is 1.49. The number of nitrogens with one attached hydrogen (secondary N) is 1. The summed E-state index contributed by atoms with van der Waals surface area (Å²) in [7, 11) is 0. The molecule has 1 saturated heterocycles. The first-order valence-corrected chi connectivity index (χ1v) is 9.80. The lowest BCUT2D eigenvalue weighted by atomic mass is 10.3. The minimum atomic E-state index is -2.80. The fourth-order valence-corrected chi connectivity index (χ4v) is 3.65. The molecule has 0 radical (unpaired) electrons. The second kappa shape index (κ2) is 8.44. The fourth-order valence-electron chi connectivity index (χ4n) is 3.65. The Morgan fingerprint density at radius 1 is 1.07 bits per heavy atom. The van der Waals surface area contributed by atoms with E-state index in [0.717, 1.165) is 16.9 Å². The highest BCUT2D eigenvalue weighted by Crippen LogP contribution is 2.24. The van der Waals surface area contributed by atoms with E-state index in [2.05, 4.69) is 48.5 Å². The SMILES string of the molecule is Cc1nc2cnc(Nc3ccnc(N4CCN(OC(F)F)CC4)n3)cc2n1C(C)C. The summed E-state index contributed by atoms with van der Waals surface area (Å²) in [5.41, 5.74) is 1.85. The molecule has 3 aromatic heterocycles. The van der Waals surface area contributed by atoms with Crippen molar-refractivity contribution >= 4 is 28.6 Å². The van der Waals surface area contributed by atoms with Gasteiger partial charge in [0.2, 0.25) is 5.95 Å². The average molecular weight is 418 g/mol. The molecule has 0 amide bonds. The van der Waals surface area contributed by atoms with Crippen LogP contribution >= 0.6 is 0 Å². The standard InChI is InChI=1S/C19H24F2N8O/c1-12(2)29-13(3)24-14-11-23-17(10-15(14)29)25-16-4-5-22-19(26-16)27-6-8-28(9-7-27)30-18(20)21/h4-5,10-12,18H,6-9H2,1-3H3,(H,22,23,25,26). The summed E-state index contributed by atoms with van der Waals surface area (Å²) < 4.78 is 26.9. The molecule has 160 valence electrons. The van der Waals surface area contributed by atoms with Gasteiger partial charge in [0, 0.05) is 44.5 Å². The number of piperazine rings is 1. The topological polar surface area (TPSA) is 84.2 Å². The molecule has 11 heteroatoms. The van der Waals surface area contributed by atoms with Crippen LogP contribution < -0.4 is 10.2 Å². The van der Waals surface area contributed by atoms with Crippen LogP contribution in [0.2, 0.25) is 0 Å². The molecular weight excluding hydrogens is 394 g/mol. The molecular formula is C19H24F2N8O. The Hall–Kier alpha value is -2.92. The molecule has 0 atom stereocenters. The smallest absolute Gasteiger partial charge is 0.338 e. The summed E-state index contributed by atoms with van der Waals surface area (Å²) in [5.74, 6) is 2.73. The van der Waals surface area contributed by atoms with Gasteiger partial charge in [0.25, 0.3) is 0 Å². The Kier molecular flexibility index (Phi) is 5.73. The molecule has 1 aliphatic rings. The Bertz CT molecular complexity index is 1020. The third-order valence-electron chi connectivity index (χ3n) is 4.92. The van der Waals surface area contributed by atoms with Crippen LogP contribution in [-0.4, -0.2) is 62.4 Å². The molecule has 1 N–H and O–H groups in total. The van der Waals surface area contributed by atoms with Crippen molar-refractivity contribution in [1.82, 2.24) is 29.6 Å². The lowest BCUT2D eigenvalue weighted by Gasteiger charge is -2.33. The summed E-state index contributed by atoms with van der Waals surface area (Å²) >= 11 is 0. The molecule has 1 aliphatic heterocycles. The van der Waals surface area contributed by atoms with E-state index in [1.54, 1.807) is 18.5 Å². The van der Waals surface area contributed by atoms with Crippen LogP contribution in [-0.2, 0) is 4.84 Å². The van der Waals surface area contributed by atoms with E-state index < -0.39 is 6.61 Å². The van der Waals surface area contributed by atoms with Gasteiger partial charge in [-0.05, 0) is 26.8 Å². The van der Waals surface area contributed by atoms with E-state index in [1.165, 1.54) is 5.06 Å². The summed E-state index contributed by atoms with van der Waals surface area (Å²) in [6, 6.07) is 4.00. The maximum absolute atomic E-state index is 12.3. The predicted octanol–water partition coefficient (Wildman–Crippen LogP) is 3.13. The number of hydroxylamine groups is 2. The number of aromatic nitrogens is 5. The number of imidazole rings is 1. The second-order valence-corrected chi connectivity index (χ2v) is 7.33. The van der Waals surface area contributed by atoms with Crippen LogP contribution in [0.15, 0.2) is 24.5 Å². The van der Waals surface area contributed by atoms with Crippen molar-refractivity contribution in [2.45, 2.75) is 33.4 Å². The van der Waals surface area contributed by atoms with Gasteiger partial charge < -0.3 is 14.8 Å². The van der Waals surface area contributed by atoms with E-state index >= 15 is 0 Å². The monoisotopic (exact) mass is 418 g/mol. The van der Waals surface area contributed by atoms with Gasteiger partial charge in [0.1, 0.15) is 23.0 Å². The van der Waals surface area contributed by atoms with Crippen molar-refractivity contribution in [1.29, 1.82) is 0 Å². The number of nitrogens with zero attached hydrogens (tertiary/aromatic N) is 7. The van der Waals surface area contributed by atoms with Crippen molar-refractivity contribution in [2.24, 2.45) is 0 Å². The van der Waals surface area contributed by atoms with Crippen molar-refractivity contribution in [3.8, 4) is 0 Å². The first-order chi connectivity index (χ1) is 14.4. The van der Waals surface area contributed by atoms with Crippen molar-refractivity contribution in [3.63, 3.8) is 0 Å². The zero-order valence-electron chi connectivity index (χ0n) is 17.1. The van der Waals surface area contributed by atoms with Gasteiger partial charge in [-0.1, -0.05) is 0 Å². The van der Waals surface area contributed by atoms with Gasteiger partial charge in [-0.15, -0.1) is 0 Å². The lowest BCUT2D eigenvalue weighted by molar-refractivity contribution is -0.284. The highest BCUT2D eigenvalue weighted by Gasteiger charge is 2.22. The minimum absolute atomic E-state index is 0.281. The summed E-state index contributed by atoms with van der Waals surface area (Å²) in [4.78, 5) is 24.3. The van der Waals surface area contributed by atoms with E-state index in [0.29, 0.717) is 43.8 Å². The van der Waals surface area contributed by atoms with Gasteiger partial charge in [-0.2, -0.15) is 18.8 Å². The van der Waals surface area contributed by atoms with Gasteiger partial charge >= 0.3 is 6.61 Å². The second-order valence-electron chi connectivity index (χ2n) is 7.33. The molecule has 1 fully saturated rings. The molecule has 0 aromatic carbocycles. The fraction of sp³-hybridized carbons (Fsp3) is 0.474. The molecule has 0 aliphatic carbocycles. The first kappa shape index (κ1) is 20.4. The first-order valence-electron chi connectivity index (χ1n) is 9.80. The van der Waals surface area contributed by atoms with Gasteiger partial charge in [-0.3, -0.25) is 0 Å². The number of pyridine rings is 1. The lowest BCUT2D eigenvalue weighted by Crippen LogP contribution is -2.47. The zero-order valence-corrected chi connectivity index (χ0v) is 17.1. The number of hydrogen-bond donors (Lipinski definition) is 1. The average Bonchev–Trinajstić information content (AvgIpc) is 3.03. The van der Waals surface area contributed by atoms with E-state index in [1.807, 2.05) is 17.9 Å². The summed E-state index contributed by atoms with van der Waals surface area (Å²) in [6.07, 6.45) is 3.40. The number of aryl methyl sites for hydroxylation is 1. The summed E-state index contributed by atoms with van der Waals surface area (Å²) in [5, 5.41) is 4.49. The predicted molar refractivity (Wildman–Crippen MR) is 109 cm³/mol. The molecule has 0 unspecified atom stereocenters. The highest BCUT2D eigenvalue weighted by atomic mass is 19.3. The number of anilines is 3. The van der Waals surface area contributed by atoms with Crippen LogP contribution in [0.25, 0.3) is 11.0 Å². The zero-order chi connectivity index (χ0) is 21.3. The highest BCUT2D eigenvalue weighted by molar-refractivity contribution is 5.79. The molecule has 0 spiro atoms. The Morgan fingerprint density at radius 3 is 2.53 bits per heavy atom. The van der Waals surface area contributed by atoms with Crippen molar-refractivity contribution in [3.05, 3.63) is 30.4 Å².